The number of hydrogen-bond acceptors (Lipinski definition) is 3. The van der Waals surface area contributed by atoms with Crippen molar-refractivity contribution in [3.63, 3.8) is 0 Å². The molecule has 10 aliphatic carbocycles. The highest BCUT2D eigenvalue weighted by Crippen LogP contribution is 2.62. The Morgan fingerprint density at radius 3 is 0.748 bits per heavy atom. The van der Waals surface area contributed by atoms with Gasteiger partial charge in [0.2, 0.25) is 0 Å². The Hall–Kier alpha value is -2.94. The van der Waals surface area contributed by atoms with Gasteiger partial charge in [-0.1, -0.05) is 441 Å². The normalized spacial score (nSPS) is 21.4. The molecule has 0 unspecified atom stereocenters. The summed E-state index contributed by atoms with van der Waals surface area (Å²) in [6.45, 7) is 25.6. The van der Waals surface area contributed by atoms with Crippen molar-refractivity contribution in [1.29, 1.82) is 0 Å². The van der Waals surface area contributed by atoms with Crippen molar-refractivity contribution in [3.05, 3.63) is 184 Å². The van der Waals surface area contributed by atoms with Gasteiger partial charge in [0.15, 0.2) is 12.1 Å². The van der Waals surface area contributed by atoms with Crippen LogP contribution in [0.2, 0.25) is 0 Å². The van der Waals surface area contributed by atoms with Crippen molar-refractivity contribution in [3.8, 4) is 0 Å². The summed E-state index contributed by atoms with van der Waals surface area (Å²) in [4.78, 5) is 12.7. The number of carbonyl (C=O) groups is 1. The minimum atomic E-state index is -0.130. The fourth-order valence-electron chi connectivity index (χ4n) is 24.6. The van der Waals surface area contributed by atoms with Gasteiger partial charge >= 0.3 is 0 Å². The smallest absolute Gasteiger partial charge is 0.193 e. The van der Waals surface area contributed by atoms with E-state index < -0.39 is 0 Å². The second-order valence-electron chi connectivity index (χ2n) is 41.8. The zero-order valence-corrected chi connectivity index (χ0v) is 84.2. The number of hydrogen-bond donors (Lipinski definition) is 0. The molecule has 0 N–H and O–H groups in total. The van der Waals surface area contributed by atoms with Gasteiger partial charge in [-0.15, -0.1) is 0 Å². The summed E-state index contributed by atoms with van der Waals surface area (Å²) < 4.78 is 11.3. The van der Waals surface area contributed by atoms with Crippen molar-refractivity contribution in [1.82, 2.24) is 0 Å². The summed E-state index contributed by atoms with van der Waals surface area (Å²) in [5.74, 6) is 3.37. The first-order chi connectivity index (χ1) is 60.2. The average molecular weight is 1760 g/mol. The number of benzene rings is 6. The van der Waals surface area contributed by atoms with Gasteiger partial charge < -0.3 is 9.47 Å². The first kappa shape index (κ1) is 97.6. The summed E-state index contributed by atoms with van der Waals surface area (Å²) >= 11 is 0. The average Bonchev–Trinajstić information content (AvgIpc) is 1.18. The Morgan fingerprint density at radius 2 is 0.480 bits per heavy atom. The maximum atomic E-state index is 12.7. The summed E-state index contributed by atoms with van der Waals surface area (Å²) in [7, 11) is -0.00853. The number of rotatable bonds is 23. The second kappa shape index (κ2) is 51.8. The van der Waals surface area contributed by atoms with Crippen LogP contribution in [0.1, 0.15) is 475 Å². The zero-order valence-electron chi connectivity index (χ0n) is 79.7. The molecule has 11 fully saturated rings. The predicted molar refractivity (Wildman–Crippen MR) is 549 cm³/mol. The molecule has 11 aliphatic rings. The molecule has 1 heterocycles. The third-order valence-electron chi connectivity index (χ3n) is 31.2. The van der Waals surface area contributed by atoms with Crippen LogP contribution >= 0.6 is 39.6 Å². The van der Waals surface area contributed by atoms with Crippen LogP contribution in [-0.2, 0) is 9.47 Å². The van der Waals surface area contributed by atoms with Crippen molar-refractivity contribution in [2.75, 3.05) is 13.2 Å². The quantitative estimate of drug-likeness (QED) is 0.0474. The van der Waals surface area contributed by atoms with E-state index in [2.05, 4.69) is 178 Å². The minimum absolute atomic E-state index is 0.00142. The van der Waals surface area contributed by atoms with E-state index >= 15 is 0 Å². The van der Waals surface area contributed by atoms with E-state index in [1.54, 1.807) is 43.7 Å². The van der Waals surface area contributed by atoms with E-state index in [0.717, 1.165) is 80.9 Å². The van der Waals surface area contributed by atoms with Gasteiger partial charge in [-0.25, -0.2) is 0 Å². The molecule has 3 nitrogen and oxygen atoms in total. The highest BCUT2D eigenvalue weighted by atomic mass is 31.1. The summed E-state index contributed by atoms with van der Waals surface area (Å²) in [6.07, 6.45) is 73.5. The molecule has 6 aromatic carbocycles. The monoisotopic (exact) mass is 1760 g/mol. The van der Waals surface area contributed by atoms with Crippen molar-refractivity contribution in [2.24, 2.45) is 0 Å². The van der Waals surface area contributed by atoms with Crippen molar-refractivity contribution >= 4 is 71.9 Å². The molecule has 10 saturated carbocycles. The molecule has 676 valence electrons. The van der Waals surface area contributed by atoms with Gasteiger partial charge in [0.25, 0.3) is 0 Å². The molecule has 17 rings (SSSR count). The first-order valence-electron chi connectivity index (χ1n) is 52.5. The molecule has 0 radical (unpaired) electrons. The van der Waals surface area contributed by atoms with E-state index in [9.17, 15) is 4.79 Å². The van der Waals surface area contributed by atoms with E-state index in [4.69, 9.17) is 9.47 Å². The van der Waals surface area contributed by atoms with Crippen LogP contribution < -0.4 is 26.5 Å². The minimum Gasteiger partial charge on any atom is -0.346 e. The lowest BCUT2D eigenvalue weighted by Gasteiger charge is -2.41. The van der Waals surface area contributed by atoms with Crippen LogP contribution in [0.3, 0.4) is 0 Å². The molecule has 8 heteroatoms. The first-order valence-corrected chi connectivity index (χ1v) is 59.9. The van der Waals surface area contributed by atoms with Gasteiger partial charge in [-0.2, -0.15) is 0 Å². The largest absolute Gasteiger partial charge is 0.346 e. The summed E-state index contributed by atoms with van der Waals surface area (Å²) in [5, 5.41) is 8.64. The van der Waals surface area contributed by atoms with Crippen LogP contribution in [0.25, 0.3) is 0 Å². The van der Waals surface area contributed by atoms with E-state index in [-0.39, 0.29) is 51.7 Å². The Labute approximate surface area is 760 Å². The molecule has 0 spiro atoms. The van der Waals surface area contributed by atoms with E-state index in [1.807, 2.05) is 40.9 Å². The van der Waals surface area contributed by atoms with Gasteiger partial charge in [0.1, 0.15) is 0 Å². The lowest BCUT2D eigenvalue weighted by atomic mass is 9.89. The number of carbonyl (C=O) groups excluding carboxylic acids is 1. The molecular formula is C115H173O3P5. The predicted octanol–water partition coefficient (Wildman–Crippen LogP) is 34.2. The zero-order chi connectivity index (χ0) is 85.7. The molecule has 1 aliphatic heterocycles. The molecule has 1 saturated heterocycles. The number of ether oxygens (including phenoxy) is 2. The topological polar surface area (TPSA) is 35.5 Å². The molecular weight excluding hydrogens is 1580 g/mol. The SMILES string of the molecule is CC(C)c1cc(C(C)C)c(P(C2CCCCC2)C2CCCCC2)c(C(C)C)c1.CC(C)c1cccc(C(C)C)c1P(C1CCCCC1)C1CCCCC1.O=C(c1ccccc1)c1ccc(P(C2CCCCC2)C2CCCCC2)cc1.c1cc(P(C2CCCCC2)C2CCCCC2)ccc1C1OCCO1.c1ccc(P(C2CCCCC2)C2CCCCC2)cc1. The van der Waals surface area contributed by atoms with Crippen LogP contribution in [0.5, 0.6) is 0 Å². The molecule has 6 aromatic rings. The lowest BCUT2D eigenvalue weighted by Crippen LogP contribution is -2.31. The third kappa shape index (κ3) is 27.8. The Morgan fingerprint density at radius 1 is 0.244 bits per heavy atom. The molecule has 0 bridgehead atoms. The fraction of sp³-hybridized carbons (Fsp3) is 0.678. The van der Waals surface area contributed by atoms with Gasteiger partial charge in [0, 0.05) is 16.7 Å². The highest BCUT2D eigenvalue weighted by Gasteiger charge is 2.41. The van der Waals surface area contributed by atoms with E-state index in [0.29, 0.717) is 29.6 Å². The molecule has 0 aromatic heterocycles. The van der Waals surface area contributed by atoms with Crippen molar-refractivity contribution < 1.29 is 14.3 Å². The Balaban J connectivity index is 0.000000133. The van der Waals surface area contributed by atoms with Crippen LogP contribution in [0, 0.1) is 0 Å². The van der Waals surface area contributed by atoms with Gasteiger partial charge in [-0.3, -0.25) is 4.79 Å². The Bertz CT molecular complexity index is 3770. The summed E-state index contributed by atoms with van der Waals surface area (Å²) in [6, 6.07) is 51.9. The van der Waals surface area contributed by atoms with Crippen molar-refractivity contribution in [2.45, 2.75) is 483 Å². The molecule has 123 heavy (non-hydrogen) atoms. The van der Waals surface area contributed by atoms with Crippen LogP contribution in [-0.4, -0.2) is 75.6 Å². The maximum Gasteiger partial charge on any atom is 0.193 e. The van der Waals surface area contributed by atoms with Crippen LogP contribution in [0.4, 0.5) is 0 Å². The highest BCUT2D eigenvalue weighted by molar-refractivity contribution is 7.68. The van der Waals surface area contributed by atoms with Crippen LogP contribution in [0.15, 0.2) is 140 Å². The molecule has 0 amide bonds. The van der Waals surface area contributed by atoms with Gasteiger partial charge in [0.05, 0.1) is 13.2 Å². The lowest BCUT2D eigenvalue weighted by molar-refractivity contribution is -0.0441. The van der Waals surface area contributed by atoms with E-state index in [1.165, 1.54) is 327 Å². The summed E-state index contributed by atoms with van der Waals surface area (Å²) in [5.41, 5.74) is 21.0. The maximum absolute atomic E-state index is 12.7. The van der Waals surface area contributed by atoms with Gasteiger partial charge in [-0.05, 0) is 269 Å². The second-order valence-corrected chi connectivity index (χ2v) is 55.6. The number of ketones is 1. The standard InChI is InChI=1S/C27H45P.C25H31OP.C24H39P.C21H31O2P.C18H27P/c1-19(2)22-17-25(20(3)4)27(26(18-22)21(5)6)28(23-13-9-7-10-14-23)24-15-11-8-12-16-24;26-25(20-10-4-1-5-11-20)21-16-18-24(19-17-21)27(22-12-6-2-7-13-22)23-14-8-3-9-15-23;1-18(2)22-16-11-17-23(19(3)4)24(22)25(20-12-7-5-8-13-20)21-14-9-6-10-15-21;1-3-7-18(8-4-1)24(19-9-5-2-6-10-19)20-13-11-17(12-14-20)21-22-15-16-23-21;1-4-10-16(11-5-1)19(17-12-6-2-7-13-17)18-14-8-3-9-15-18/h17-21,23-24H,7-16H2,1-6H3;1,4-5,10-11,16-19,22-23H,2-3,6-9,12-15H2;11,16-21H,5-10,12-15H2,1-4H3;11-14,18-19,21H,1-10,15-16H2;1,4-5,10-11,17-18H,2-3,6-9,12-15H2. The third-order valence-corrected chi connectivity index (χ3v) is 49.0. The fourth-order valence-corrected chi connectivity index (χ4v) is 44.8. The Kier molecular flexibility index (Phi) is 41.1. The molecule has 0 atom stereocenters.